The molecule has 4 aromatic carbocycles. The molecule has 6 heterocycles. The second kappa shape index (κ2) is 28.1. The van der Waals surface area contributed by atoms with Crippen molar-refractivity contribution in [1.29, 1.82) is 0 Å². The Hall–Kier alpha value is -8.99. The summed E-state index contributed by atoms with van der Waals surface area (Å²) in [7, 11) is 10.6. The lowest BCUT2D eigenvalue weighted by molar-refractivity contribution is -0.112. The highest BCUT2D eigenvalue weighted by molar-refractivity contribution is 6.66. The lowest BCUT2D eigenvalue weighted by Gasteiger charge is -2.26. The normalized spacial score (nSPS) is 13.1. The van der Waals surface area contributed by atoms with Crippen molar-refractivity contribution in [3.63, 3.8) is 0 Å². The molecule has 83 heavy (non-hydrogen) atoms. The molecule has 436 valence electrons. The van der Waals surface area contributed by atoms with Gasteiger partial charge in [0.15, 0.2) is 11.6 Å². The van der Waals surface area contributed by atoms with Crippen molar-refractivity contribution in [3.8, 4) is 34.6 Å². The first-order valence-electron chi connectivity index (χ1n) is 27.2. The van der Waals surface area contributed by atoms with Crippen LogP contribution in [0.15, 0.2) is 111 Å². The molecule has 0 radical (unpaired) electrons. The molecule has 0 saturated carbocycles. The summed E-state index contributed by atoms with van der Waals surface area (Å²) in [5.74, 6) is 4.42. The third-order valence-electron chi connectivity index (χ3n) is 14.3. The van der Waals surface area contributed by atoms with Gasteiger partial charge in [0.2, 0.25) is 23.0 Å². The zero-order valence-electron chi connectivity index (χ0n) is 48.4. The number of likely N-dealkylation sites (tertiary alicyclic amines) is 2. The van der Waals surface area contributed by atoms with Gasteiger partial charge < -0.3 is 60.2 Å². The fourth-order valence-electron chi connectivity index (χ4n) is 9.85. The molecule has 1 amide bonds. The highest BCUT2D eigenvalue weighted by Crippen LogP contribution is 2.39. The van der Waals surface area contributed by atoms with Gasteiger partial charge in [0.25, 0.3) is 0 Å². The second-order valence-corrected chi connectivity index (χ2v) is 20.2. The van der Waals surface area contributed by atoms with Gasteiger partial charge >= 0.3 is 0 Å². The van der Waals surface area contributed by atoms with Crippen LogP contribution in [0.4, 0.5) is 46.0 Å². The number of methoxy groups -OCH3 is 4. The Morgan fingerprint density at radius 3 is 1.51 bits per heavy atom. The number of nitrogens with one attached hydrogen (secondary N) is 3. The third kappa shape index (κ3) is 14.9. The number of fused-ring (bicyclic) bond motifs is 2. The highest BCUT2D eigenvalue weighted by atomic mass is 35.5. The molecule has 5 N–H and O–H groups in total. The van der Waals surface area contributed by atoms with Crippen LogP contribution in [0.5, 0.6) is 23.0 Å². The van der Waals surface area contributed by atoms with E-state index in [1.165, 1.54) is 44.8 Å². The number of nitrogens with zero attached hydrogens (tertiary/aromatic N) is 12. The summed E-state index contributed by atoms with van der Waals surface area (Å²) in [6, 6.07) is 22.9. The van der Waals surface area contributed by atoms with Crippen LogP contribution in [0, 0.1) is 13.8 Å². The van der Waals surface area contributed by atoms with E-state index >= 15 is 0 Å². The van der Waals surface area contributed by atoms with Crippen LogP contribution in [0.3, 0.4) is 0 Å². The molecule has 2 saturated heterocycles. The quantitative estimate of drug-likeness (QED) is 0.0298. The average molecular weight is 1150 g/mol. The summed E-state index contributed by atoms with van der Waals surface area (Å²) in [4.78, 5) is 49.4. The van der Waals surface area contributed by atoms with E-state index in [1.54, 1.807) is 56.3 Å². The molecule has 4 aromatic heterocycles. The molecule has 0 bridgehead atoms. The van der Waals surface area contributed by atoms with E-state index in [4.69, 9.17) is 56.4 Å². The Balaban J connectivity index is 0.000000201. The fraction of sp³-hybridized carbons (Fsp3) is 0.333. The molecular weight excluding hydrogens is 1080 g/mol. The number of nitrogen functional groups attached to an aromatic ring is 1. The number of nitrogens with two attached hydrogens (primary N) is 1. The van der Waals surface area contributed by atoms with Crippen LogP contribution in [-0.4, -0.2) is 155 Å². The van der Waals surface area contributed by atoms with Crippen LogP contribution in [-0.2, 0) is 9.59 Å². The van der Waals surface area contributed by atoms with Gasteiger partial charge in [-0.25, -0.2) is 19.3 Å². The number of amides is 1. The fourth-order valence-corrected chi connectivity index (χ4v) is 9.85. The predicted octanol–water partition coefficient (Wildman–Crippen LogP) is 9.48. The number of hydrogen-bond donors (Lipinski definition) is 4. The van der Waals surface area contributed by atoms with Crippen molar-refractivity contribution in [2.75, 3.05) is 126 Å². The van der Waals surface area contributed by atoms with Crippen LogP contribution in [0.2, 0.25) is 0 Å². The first kappa shape index (κ1) is 60.1. The predicted molar refractivity (Wildman–Crippen MR) is 331 cm³/mol. The molecule has 2 aliphatic rings. The minimum absolute atomic E-state index is 0.301. The summed E-state index contributed by atoms with van der Waals surface area (Å²) in [5.41, 5.74) is 14.4. The van der Waals surface area contributed by atoms with Crippen LogP contribution < -0.4 is 50.4 Å². The number of anilines is 8. The number of hydrogen-bond acceptors (Lipinski definition) is 19. The van der Waals surface area contributed by atoms with Gasteiger partial charge in [0, 0.05) is 99.8 Å². The molecule has 2 aliphatic heterocycles. The summed E-state index contributed by atoms with van der Waals surface area (Å²) in [6.07, 6.45) is 10.7. The molecule has 10 rings (SSSR count). The molecule has 23 heteroatoms. The monoisotopic (exact) mass is 1150 g/mol. The molecular formula is C60H73ClN16O6. The van der Waals surface area contributed by atoms with Crippen LogP contribution >= 0.6 is 11.6 Å². The molecule has 8 aromatic rings. The van der Waals surface area contributed by atoms with Crippen molar-refractivity contribution in [3.05, 3.63) is 122 Å². The number of aromatic nitrogens is 8. The second-order valence-electron chi connectivity index (χ2n) is 19.8. The Bertz CT molecular complexity index is 3580. The SMILES string of the molecule is C=CC(=O)Cl.C=CC(=O)Nc1cc(Nc2nccc(-n3nc(C)c4ccc(OC)cc43)n2)c(OC)cc1N(C)CCN1CCCC1.COc1ccc2c(C)nn(-c3ccnc(Nc4cc(N)c(N(C)CCN5CCCC5)cc4OC)n3)c2c1. The number of likely N-dealkylation sites (N-methyl/N-ethyl adjacent to an activating group) is 2. The number of carbonyl (C=O) groups excluding carboxylic acids is 2. The summed E-state index contributed by atoms with van der Waals surface area (Å²) in [5, 5.41) is 20.4. The topological polar surface area (TPSA) is 233 Å². The van der Waals surface area contributed by atoms with Gasteiger partial charge in [0.05, 0.1) is 85.0 Å². The zero-order chi connectivity index (χ0) is 59.2. The minimum Gasteiger partial charge on any atom is -0.497 e. The van der Waals surface area contributed by atoms with E-state index in [0.717, 1.165) is 101 Å². The van der Waals surface area contributed by atoms with E-state index in [2.05, 4.69) is 65.7 Å². The number of aryl methyl sites for hydroxylation is 2. The van der Waals surface area contributed by atoms with E-state index in [9.17, 15) is 9.59 Å². The van der Waals surface area contributed by atoms with E-state index in [-0.39, 0.29) is 5.91 Å². The van der Waals surface area contributed by atoms with Crippen molar-refractivity contribution in [2.24, 2.45) is 0 Å². The molecule has 0 aliphatic carbocycles. The van der Waals surface area contributed by atoms with Gasteiger partial charge in [-0.05, 0) is 126 Å². The van der Waals surface area contributed by atoms with E-state index < -0.39 is 5.24 Å². The summed E-state index contributed by atoms with van der Waals surface area (Å²) < 4.78 is 25.9. The van der Waals surface area contributed by atoms with E-state index in [1.807, 2.05) is 87.6 Å². The number of carbonyl (C=O) groups is 2. The Morgan fingerprint density at radius 1 is 0.627 bits per heavy atom. The van der Waals surface area contributed by atoms with Crippen molar-refractivity contribution < 1.29 is 28.5 Å². The van der Waals surface area contributed by atoms with Crippen molar-refractivity contribution >= 4 is 90.6 Å². The molecule has 0 unspecified atom stereocenters. The smallest absolute Gasteiger partial charge is 0.247 e. The number of allylic oxidation sites excluding steroid dienone is 1. The highest BCUT2D eigenvalue weighted by Gasteiger charge is 2.21. The summed E-state index contributed by atoms with van der Waals surface area (Å²) >= 11 is 4.71. The van der Waals surface area contributed by atoms with Gasteiger partial charge in [-0.15, -0.1) is 0 Å². The third-order valence-corrected chi connectivity index (χ3v) is 14.5. The van der Waals surface area contributed by atoms with E-state index in [0.29, 0.717) is 57.8 Å². The molecule has 2 fully saturated rings. The zero-order valence-corrected chi connectivity index (χ0v) is 49.2. The lowest BCUT2D eigenvalue weighted by atomic mass is 10.2. The number of halogens is 1. The van der Waals surface area contributed by atoms with Crippen molar-refractivity contribution in [1.82, 2.24) is 49.3 Å². The number of benzene rings is 4. The summed E-state index contributed by atoms with van der Waals surface area (Å²) in [6.45, 7) is 18.9. The van der Waals surface area contributed by atoms with Crippen LogP contribution in [0.25, 0.3) is 33.4 Å². The number of ether oxygens (including phenoxy) is 4. The largest absolute Gasteiger partial charge is 0.497 e. The number of rotatable bonds is 21. The Kier molecular flexibility index (Phi) is 20.4. The Morgan fingerprint density at radius 2 is 1.07 bits per heavy atom. The van der Waals surface area contributed by atoms with Crippen molar-refractivity contribution in [2.45, 2.75) is 39.5 Å². The van der Waals surface area contributed by atoms with Gasteiger partial charge in [-0.1, -0.05) is 13.2 Å². The van der Waals surface area contributed by atoms with Gasteiger partial charge in [-0.3, -0.25) is 9.59 Å². The van der Waals surface area contributed by atoms with Crippen LogP contribution in [0.1, 0.15) is 37.1 Å². The maximum atomic E-state index is 12.4. The van der Waals surface area contributed by atoms with Gasteiger partial charge in [-0.2, -0.15) is 20.2 Å². The molecule has 0 spiro atoms. The molecule has 22 nitrogen and oxygen atoms in total. The standard InChI is InChI=1S/C30H36N8O3.C27H34N8O2.C3H3ClO/c1-6-29(39)32-23-18-24(27(41-5)19-26(23)36(3)15-16-37-13-7-8-14-37)33-30-31-12-11-28(34-30)38-25-17-21(40-4)9-10-22(25)20(2)35-38;1-18-20-8-7-19(36-3)15-23(20)35(32-18)26-9-10-29-27(31-26)30-22-16-21(28)24(17-25(22)37-4)33(2)13-14-34-11-5-6-12-34;1-2-3(4)5/h6,9-12,17-19H,1,7-8,13-16H2,2-5H3,(H,32,39)(H,31,33,34);7-10,15-17H,5-6,11-14,28H2,1-4H3,(H,29,30,31);2H,1H2. The maximum Gasteiger partial charge on any atom is 0.247 e. The Labute approximate surface area is 488 Å². The first-order chi connectivity index (χ1) is 40.1. The van der Waals surface area contributed by atoms with Gasteiger partial charge in [0.1, 0.15) is 23.0 Å². The average Bonchev–Trinajstić information content (AvgIpc) is 4.17. The lowest BCUT2D eigenvalue weighted by Crippen LogP contribution is -2.32. The minimum atomic E-state index is -0.509. The molecule has 0 atom stereocenters. The maximum absolute atomic E-state index is 12.4. The first-order valence-corrected chi connectivity index (χ1v) is 27.6.